The Morgan fingerprint density at radius 3 is 2.54 bits per heavy atom. The molecule has 0 radical (unpaired) electrons. The Kier molecular flexibility index (Phi) is 6.37. The summed E-state index contributed by atoms with van der Waals surface area (Å²) in [7, 11) is 0. The van der Waals surface area contributed by atoms with Gasteiger partial charge in [0, 0.05) is 0 Å². The molecular formula is C19H22N2O3. The minimum absolute atomic E-state index is 0.0789. The maximum absolute atomic E-state index is 11.8. The maximum Gasteiger partial charge on any atom is 0.277 e. The predicted octanol–water partition coefficient (Wildman–Crippen LogP) is 3.23. The summed E-state index contributed by atoms with van der Waals surface area (Å²) in [6.07, 6.45) is 1.57. The smallest absolute Gasteiger partial charge is 0.277 e. The Hall–Kier alpha value is -2.82. The molecule has 0 heterocycles. The Bertz CT molecular complexity index is 709. The highest BCUT2D eigenvalue weighted by Crippen LogP contribution is 2.18. The van der Waals surface area contributed by atoms with Crippen molar-refractivity contribution in [2.75, 3.05) is 13.2 Å². The molecule has 2 rings (SSSR count). The SMILES string of the molecule is CCOc1ccc(/C=N/NC(=O)COc2ccc(C)cc2C)cc1. The number of hydrazone groups is 1. The van der Waals surface area contributed by atoms with Crippen LogP contribution in [0.2, 0.25) is 0 Å². The molecular weight excluding hydrogens is 304 g/mol. The monoisotopic (exact) mass is 326 g/mol. The number of benzene rings is 2. The van der Waals surface area contributed by atoms with E-state index in [0.29, 0.717) is 12.4 Å². The number of rotatable bonds is 7. The zero-order valence-electron chi connectivity index (χ0n) is 14.2. The molecule has 0 saturated heterocycles. The van der Waals surface area contributed by atoms with E-state index in [1.165, 1.54) is 0 Å². The lowest BCUT2D eigenvalue weighted by Gasteiger charge is -2.08. The molecule has 0 aliphatic carbocycles. The molecule has 1 N–H and O–H groups in total. The molecule has 0 aliphatic heterocycles. The van der Waals surface area contributed by atoms with Crippen molar-refractivity contribution >= 4 is 12.1 Å². The zero-order valence-corrected chi connectivity index (χ0v) is 14.2. The van der Waals surface area contributed by atoms with Gasteiger partial charge in [0.25, 0.3) is 5.91 Å². The van der Waals surface area contributed by atoms with Crippen LogP contribution in [-0.4, -0.2) is 25.3 Å². The number of carbonyl (C=O) groups is 1. The fourth-order valence-corrected chi connectivity index (χ4v) is 2.13. The quantitative estimate of drug-likeness (QED) is 0.628. The number of carbonyl (C=O) groups excluding carboxylic acids is 1. The minimum Gasteiger partial charge on any atom is -0.494 e. The first-order valence-electron chi connectivity index (χ1n) is 7.83. The van der Waals surface area contributed by atoms with Gasteiger partial charge in [-0.2, -0.15) is 5.10 Å². The Labute approximate surface area is 142 Å². The van der Waals surface area contributed by atoms with E-state index in [4.69, 9.17) is 9.47 Å². The summed E-state index contributed by atoms with van der Waals surface area (Å²) in [5, 5.41) is 3.92. The lowest BCUT2D eigenvalue weighted by molar-refractivity contribution is -0.123. The molecule has 1 amide bonds. The Balaban J connectivity index is 1.80. The van der Waals surface area contributed by atoms with E-state index in [1.807, 2.05) is 63.2 Å². The van der Waals surface area contributed by atoms with Crippen LogP contribution in [0.4, 0.5) is 0 Å². The van der Waals surface area contributed by atoms with Crippen LogP contribution in [0.25, 0.3) is 0 Å². The number of aryl methyl sites for hydroxylation is 2. The lowest BCUT2D eigenvalue weighted by Crippen LogP contribution is -2.24. The van der Waals surface area contributed by atoms with Crippen molar-refractivity contribution < 1.29 is 14.3 Å². The van der Waals surface area contributed by atoms with E-state index in [1.54, 1.807) is 6.21 Å². The van der Waals surface area contributed by atoms with Crippen molar-refractivity contribution in [2.24, 2.45) is 5.10 Å². The standard InChI is InChI=1S/C19H22N2O3/c1-4-23-17-8-6-16(7-9-17)12-20-21-19(22)13-24-18-10-5-14(2)11-15(18)3/h5-12H,4,13H2,1-3H3,(H,21,22)/b20-12+. The van der Waals surface area contributed by atoms with Crippen LogP contribution in [0.15, 0.2) is 47.6 Å². The zero-order chi connectivity index (χ0) is 17.4. The molecule has 0 unspecified atom stereocenters. The van der Waals surface area contributed by atoms with Crippen molar-refractivity contribution in [1.82, 2.24) is 5.43 Å². The molecule has 2 aromatic rings. The van der Waals surface area contributed by atoms with Crippen molar-refractivity contribution in [3.63, 3.8) is 0 Å². The van der Waals surface area contributed by atoms with Gasteiger partial charge in [-0.3, -0.25) is 4.79 Å². The third-order valence-corrected chi connectivity index (χ3v) is 3.28. The normalized spacial score (nSPS) is 10.6. The molecule has 5 nitrogen and oxygen atoms in total. The number of amides is 1. The second-order valence-corrected chi connectivity index (χ2v) is 5.35. The van der Waals surface area contributed by atoms with E-state index >= 15 is 0 Å². The summed E-state index contributed by atoms with van der Waals surface area (Å²) in [5.41, 5.74) is 5.47. The highest BCUT2D eigenvalue weighted by atomic mass is 16.5. The molecule has 24 heavy (non-hydrogen) atoms. The van der Waals surface area contributed by atoms with E-state index in [9.17, 15) is 4.79 Å². The highest BCUT2D eigenvalue weighted by Gasteiger charge is 2.04. The first-order chi connectivity index (χ1) is 11.6. The van der Waals surface area contributed by atoms with Gasteiger partial charge in [0.1, 0.15) is 11.5 Å². The van der Waals surface area contributed by atoms with Crippen molar-refractivity contribution in [2.45, 2.75) is 20.8 Å². The number of nitrogens with zero attached hydrogens (tertiary/aromatic N) is 1. The van der Waals surface area contributed by atoms with Crippen molar-refractivity contribution in [3.8, 4) is 11.5 Å². The Morgan fingerprint density at radius 2 is 1.88 bits per heavy atom. The van der Waals surface area contributed by atoms with E-state index in [0.717, 1.165) is 22.4 Å². The molecule has 126 valence electrons. The number of hydrogen-bond donors (Lipinski definition) is 1. The average molecular weight is 326 g/mol. The van der Waals surface area contributed by atoms with Crippen molar-refractivity contribution in [3.05, 3.63) is 59.2 Å². The predicted molar refractivity (Wildman–Crippen MR) is 94.8 cm³/mol. The van der Waals surface area contributed by atoms with Gasteiger partial charge < -0.3 is 9.47 Å². The lowest BCUT2D eigenvalue weighted by atomic mass is 10.1. The Morgan fingerprint density at radius 1 is 1.12 bits per heavy atom. The molecule has 0 atom stereocenters. The number of hydrogen-bond acceptors (Lipinski definition) is 4. The van der Waals surface area contributed by atoms with Crippen LogP contribution in [0.3, 0.4) is 0 Å². The minimum atomic E-state index is -0.308. The summed E-state index contributed by atoms with van der Waals surface area (Å²) in [6.45, 7) is 6.45. The topological polar surface area (TPSA) is 59.9 Å². The first-order valence-corrected chi connectivity index (χ1v) is 7.83. The summed E-state index contributed by atoms with van der Waals surface area (Å²) < 4.78 is 10.9. The third-order valence-electron chi connectivity index (χ3n) is 3.28. The van der Waals surface area contributed by atoms with E-state index in [-0.39, 0.29) is 12.5 Å². The van der Waals surface area contributed by atoms with Crippen LogP contribution in [0.5, 0.6) is 11.5 Å². The van der Waals surface area contributed by atoms with Crippen LogP contribution in [0, 0.1) is 13.8 Å². The molecule has 0 aromatic heterocycles. The van der Waals surface area contributed by atoms with E-state index in [2.05, 4.69) is 10.5 Å². The van der Waals surface area contributed by atoms with Gasteiger partial charge in [0.2, 0.25) is 0 Å². The second kappa shape index (κ2) is 8.72. The third kappa shape index (κ3) is 5.43. The van der Waals surface area contributed by atoms with Crippen LogP contribution in [-0.2, 0) is 4.79 Å². The molecule has 0 saturated carbocycles. The van der Waals surface area contributed by atoms with Crippen molar-refractivity contribution in [1.29, 1.82) is 0 Å². The van der Waals surface area contributed by atoms with Gasteiger partial charge >= 0.3 is 0 Å². The summed E-state index contributed by atoms with van der Waals surface area (Å²) in [5.74, 6) is 1.20. The van der Waals surface area contributed by atoms with Gasteiger partial charge in [-0.25, -0.2) is 5.43 Å². The fraction of sp³-hybridized carbons (Fsp3) is 0.263. The summed E-state index contributed by atoms with van der Waals surface area (Å²) >= 11 is 0. The van der Waals surface area contributed by atoms with Gasteiger partial charge in [0.15, 0.2) is 6.61 Å². The number of ether oxygens (including phenoxy) is 2. The van der Waals surface area contributed by atoms with Gasteiger partial charge in [0.05, 0.1) is 12.8 Å². The molecule has 2 aromatic carbocycles. The van der Waals surface area contributed by atoms with Gasteiger partial charge in [-0.15, -0.1) is 0 Å². The summed E-state index contributed by atoms with van der Waals surface area (Å²) in [4.78, 5) is 11.8. The van der Waals surface area contributed by atoms with Crippen LogP contribution >= 0.6 is 0 Å². The average Bonchev–Trinajstić information content (AvgIpc) is 2.56. The van der Waals surface area contributed by atoms with Crippen LogP contribution < -0.4 is 14.9 Å². The van der Waals surface area contributed by atoms with Crippen LogP contribution in [0.1, 0.15) is 23.6 Å². The maximum atomic E-state index is 11.8. The van der Waals surface area contributed by atoms with E-state index < -0.39 is 0 Å². The molecule has 0 aliphatic rings. The molecule has 0 spiro atoms. The fourth-order valence-electron chi connectivity index (χ4n) is 2.13. The molecule has 0 bridgehead atoms. The molecule has 0 fully saturated rings. The van der Waals surface area contributed by atoms with Gasteiger partial charge in [-0.05, 0) is 62.2 Å². The number of nitrogens with one attached hydrogen (secondary N) is 1. The summed E-state index contributed by atoms with van der Waals surface area (Å²) in [6, 6.07) is 13.3. The largest absolute Gasteiger partial charge is 0.494 e. The van der Waals surface area contributed by atoms with Gasteiger partial charge in [-0.1, -0.05) is 17.7 Å². The molecule has 5 heteroatoms. The second-order valence-electron chi connectivity index (χ2n) is 5.35. The first kappa shape index (κ1) is 17.5. The highest BCUT2D eigenvalue weighted by molar-refractivity contribution is 5.83.